The molecule has 0 radical (unpaired) electrons. The summed E-state index contributed by atoms with van der Waals surface area (Å²) in [5.41, 5.74) is 7.99. The van der Waals surface area contributed by atoms with Crippen molar-refractivity contribution in [2.45, 2.75) is 95.4 Å². The molecule has 3 aromatic rings. The van der Waals surface area contributed by atoms with Crippen molar-refractivity contribution in [2.24, 2.45) is 17.6 Å². The van der Waals surface area contributed by atoms with Crippen molar-refractivity contribution in [2.75, 3.05) is 12.4 Å². The molecule has 4 aliphatic rings. The third-order valence-corrected chi connectivity index (χ3v) is 8.76. The van der Waals surface area contributed by atoms with Crippen LogP contribution in [0.5, 0.6) is 0 Å². The Morgan fingerprint density at radius 2 is 2.05 bits per heavy atom. The van der Waals surface area contributed by atoms with Gasteiger partial charge in [-0.15, -0.1) is 0 Å². The highest BCUT2D eigenvalue weighted by atomic mass is 19.1. The minimum absolute atomic E-state index is 0.000497. The van der Waals surface area contributed by atoms with Gasteiger partial charge in [0.15, 0.2) is 12.1 Å². The standard InChI is InChI=1S/C28H39FN8O5/c1-15(2)24(30)26(38)41-14-37-23(32-25-21-8-18(13-40-3)34-36(21)5-4-31-25)9-20(35-37)17-6-19(29)22(7-17)42-27(39)33-28-10-16(11-28)12-28/h4-5,8-9,15-17,19,22,24,26,38H,6-7,10-14,30H2,1-3H3,(H,31,32)(H,33,39)/t16?,17-,19+,22-,24-,26?,28?/m0/s1. The number of alkyl halides is 1. The smallest absolute Gasteiger partial charge is 0.407 e. The molecule has 5 atom stereocenters. The van der Waals surface area contributed by atoms with Crippen LogP contribution >= 0.6 is 0 Å². The first-order valence-electron chi connectivity index (χ1n) is 14.5. The Morgan fingerprint density at radius 1 is 1.26 bits per heavy atom. The number of nitrogens with zero attached hydrogens (tertiary/aromatic N) is 5. The van der Waals surface area contributed by atoms with Crippen LogP contribution in [0, 0.1) is 11.8 Å². The Hall–Kier alpha value is -3.33. The van der Waals surface area contributed by atoms with E-state index in [0.29, 0.717) is 36.3 Å². The molecule has 4 fully saturated rings. The summed E-state index contributed by atoms with van der Waals surface area (Å²) >= 11 is 0. The number of carbonyl (C=O) groups excluding carboxylic acids is 1. The molecule has 2 bridgehead atoms. The number of ether oxygens (including phenoxy) is 3. The van der Waals surface area contributed by atoms with Gasteiger partial charge >= 0.3 is 6.09 Å². The number of amides is 1. The lowest BCUT2D eigenvalue weighted by atomic mass is 9.50. The normalized spacial score (nSPS) is 27.9. The van der Waals surface area contributed by atoms with Crippen LogP contribution in [0.1, 0.15) is 63.3 Å². The van der Waals surface area contributed by atoms with Gasteiger partial charge in [-0.3, -0.25) is 0 Å². The van der Waals surface area contributed by atoms with E-state index in [2.05, 4.69) is 20.7 Å². The molecule has 228 valence electrons. The SMILES string of the molecule is COCc1cc2c(Nc3cc([C@H]4C[C@@H](F)[C@@H](OC(=O)NC56CC(C5)C6)C4)nn3COC(O)[C@@H](N)C(C)C)nccn2n1. The predicted octanol–water partition coefficient (Wildman–Crippen LogP) is 2.95. The number of aliphatic hydroxyl groups excluding tert-OH is 1. The maximum Gasteiger partial charge on any atom is 0.407 e. The average molecular weight is 587 g/mol. The maximum absolute atomic E-state index is 15.1. The van der Waals surface area contributed by atoms with E-state index in [1.807, 2.05) is 19.9 Å². The third kappa shape index (κ3) is 5.68. The predicted molar refractivity (Wildman–Crippen MR) is 149 cm³/mol. The van der Waals surface area contributed by atoms with Crippen LogP contribution in [-0.2, 0) is 27.5 Å². The molecule has 3 aromatic heterocycles. The lowest BCUT2D eigenvalue weighted by molar-refractivity contribution is -0.146. The van der Waals surface area contributed by atoms with Gasteiger partial charge in [-0.1, -0.05) is 13.8 Å². The van der Waals surface area contributed by atoms with Crippen LogP contribution in [0.15, 0.2) is 24.5 Å². The van der Waals surface area contributed by atoms with Crippen LogP contribution < -0.4 is 16.4 Å². The lowest BCUT2D eigenvalue weighted by Gasteiger charge is -2.61. The number of carbonyl (C=O) groups is 1. The van der Waals surface area contributed by atoms with E-state index in [-0.39, 0.29) is 30.5 Å². The molecule has 5 N–H and O–H groups in total. The molecule has 13 nitrogen and oxygen atoms in total. The average Bonchev–Trinajstić information content (AvgIpc) is 3.61. The summed E-state index contributed by atoms with van der Waals surface area (Å²) in [4.78, 5) is 17.0. The highest BCUT2D eigenvalue weighted by Gasteiger charge is 2.58. The van der Waals surface area contributed by atoms with Crippen molar-refractivity contribution in [3.63, 3.8) is 0 Å². The summed E-state index contributed by atoms with van der Waals surface area (Å²) in [5, 5.41) is 25.9. The van der Waals surface area contributed by atoms with Crippen LogP contribution in [0.25, 0.3) is 5.52 Å². The molecule has 42 heavy (non-hydrogen) atoms. The molecular weight excluding hydrogens is 547 g/mol. The second-order valence-electron chi connectivity index (χ2n) is 12.3. The molecule has 1 unspecified atom stereocenters. The number of nitrogens with two attached hydrogens (primary N) is 1. The second kappa shape index (κ2) is 11.4. The fourth-order valence-corrected chi connectivity index (χ4v) is 6.16. The number of anilines is 2. The fraction of sp³-hybridized carbons (Fsp3) is 0.643. The van der Waals surface area contributed by atoms with E-state index in [1.165, 1.54) is 0 Å². The van der Waals surface area contributed by atoms with Crippen molar-refractivity contribution >= 4 is 23.2 Å². The molecule has 1 amide bonds. The summed E-state index contributed by atoms with van der Waals surface area (Å²) in [6, 6.07) is 3.08. The zero-order chi connectivity index (χ0) is 29.6. The third-order valence-electron chi connectivity index (χ3n) is 8.76. The molecule has 0 aromatic carbocycles. The Bertz CT molecular complexity index is 1410. The Morgan fingerprint density at radius 3 is 2.74 bits per heavy atom. The molecule has 4 saturated carbocycles. The molecular formula is C28H39FN8O5. The largest absolute Gasteiger partial charge is 0.443 e. The van der Waals surface area contributed by atoms with Gasteiger partial charge in [-0.25, -0.2) is 23.4 Å². The summed E-state index contributed by atoms with van der Waals surface area (Å²) in [6.07, 6.45) is 2.85. The number of hydrogen-bond donors (Lipinski definition) is 4. The quantitative estimate of drug-likeness (QED) is 0.232. The first kappa shape index (κ1) is 28.8. The van der Waals surface area contributed by atoms with Crippen molar-refractivity contribution in [3.05, 3.63) is 35.9 Å². The van der Waals surface area contributed by atoms with Crippen molar-refractivity contribution in [1.82, 2.24) is 29.7 Å². The second-order valence-corrected chi connectivity index (χ2v) is 12.3. The van der Waals surface area contributed by atoms with Crippen molar-refractivity contribution in [1.29, 1.82) is 0 Å². The highest BCUT2D eigenvalue weighted by molar-refractivity contribution is 5.72. The van der Waals surface area contributed by atoms with Gasteiger partial charge in [0, 0.05) is 37.0 Å². The van der Waals surface area contributed by atoms with Crippen LogP contribution in [0.2, 0.25) is 0 Å². The first-order chi connectivity index (χ1) is 20.1. The van der Waals surface area contributed by atoms with E-state index in [9.17, 15) is 9.90 Å². The Balaban J connectivity index is 1.20. The number of rotatable bonds is 12. The maximum atomic E-state index is 15.1. The Labute approximate surface area is 242 Å². The van der Waals surface area contributed by atoms with Gasteiger partial charge in [0.05, 0.1) is 24.0 Å². The summed E-state index contributed by atoms with van der Waals surface area (Å²) in [7, 11) is 1.60. The molecule has 14 heteroatoms. The number of aliphatic hydroxyl groups is 1. The minimum atomic E-state index is -1.31. The van der Waals surface area contributed by atoms with Crippen molar-refractivity contribution in [3.8, 4) is 0 Å². The topological polar surface area (TPSA) is 163 Å². The van der Waals surface area contributed by atoms with E-state index >= 15 is 4.39 Å². The van der Waals surface area contributed by atoms with Gasteiger partial charge in [0.25, 0.3) is 0 Å². The van der Waals surface area contributed by atoms with Crippen LogP contribution in [0.3, 0.4) is 0 Å². The molecule has 0 spiro atoms. The summed E-state index contributed by atoms with van der Waals surface area (Å²) in [6.45, 7) is 4.03. The van der Waals surface area contributed by atoms with Gasteiger partial charge in [0.2, 0.25) is 0 Å². The molecule has 0 aliphatic heterocycles. The van der Waals surface area contributed by atoms with Gasteiger partial charge in [0.1, 0.15) is 30.3 Å². The van der Waals surface area contributed by atoms with Crippen molar-refractivity contribution < 1.29 is 28.5 Å². The van der Waals surface area contributed by atoms with E-state index in [4.69, 9.17) is 25.0 Å². The van der Waals surface area contributed by atoms with Crippen LogP contribution in [-0.4, -0.2) is 72.8 Å². The molecule has 0 saturated heterocycles. The van der Waals surface area contributed by atoms with Gasteiger partial charge in [-0.2, -0.15) is 10.2 Å². The number of fused-ring (bicyclic) bond motifs is 1. The molecule has 7 rings (SSSR count). The van der Waals surface area contributed by atoms with Gasteiger partial charge in [-0.05, 0) is 50.0 Å². The zero-order valence-electron chi connectivity index (χ0n) is 24.1. The van der Waals surface area contributed by atoms with E-state index in [0.717, 1.165) is 30.5 Å². The number of aromatic nitrogens is 5. The Kier molecular flexibility index (Phi) is 7.81. The zero-order valence-corrected chi connectivity index (χ0v) is 24.1. The number of hydrogen-bond acceptors (Lipinski definition) is 10. The van der Waals surface area contributed by atoms with E-state index < -0.39 is 30.7 Å². The van der Waals surface area contributed by atoms with Gasteiger partial charge < -0.3 is 35.7 Å². The number of nitrogens with one attached hydrogen (secondary N) is 2. The monoisotopic (exact) mass is 586 g/mol. The van der Waals surface area contributed by atoms with E-state index in [1.54, 1.807) is 34.8 Å². The number of alkyl carbamates (subject to hydrolysis) is 1. The summed E-state index contributed by atoms with van der Waals surface area (Å²) in [5.74, 6) is 1.46. The molecule has 3 heterocycles. The lowest BCUT2D eigenvalue weighted by Crippen LogP contribution is -2.68. The minimum Gasteiger partial charge on any atom is -0.443 e. The number of halogens is 1. The summed E-state index contributed by atoms with van der Waals surface area (Å²) < 4.78 is 34.7. The van der Waals surface area contributed by atoms with Crippen LogP contribution in [0.4, 0.5) is 20.8 Å². The first-order valence-corrected chi connectivity index (χ1v) is 14.5. The number of methoxy groups -OCH3 is 1. The molecule has 4 aliphatic carbocycles. The highest BCUT2D eigenvalue weighted by Crippen LogP contribution is 2.57. The fourth-order valence-electron chi connectivity index (χ4n) is 6.16.